The van der Waals surface area contributed by atoms with E-state index in [1.807, 2.05) is 0 Å². The van der Waals surface area contributed by atoms with E-state index in [0.717, 1.165) is 0 Å². The fraction of sp³-hybridized carbons (Fsp3) is 0.278. The quantitative estimate of drug-likeness (QED) is 0.560. The molecule has 0 aliphatic carbocycles. The van der Waals surface area contributed by atoms with E-state index in [9.17, 15) is 18.8 Å². The second-order valence-corrected chi connectivity index (χ2v) is 5.65. The molecule has 0 spiro atoms. The fourth-order valence-corrected chi connectivity index (χ4v) is 2.51. The maximum atomic E-state index is 12.8. The third-order valence-electron chi connectivity index (χ3n) is 3.74. The number of nitrogens with one attached hydrogen (secondary N) is 3. The number of H-pyrrole nitrogens is 1. The number of aromatic amines is 1. The van der Waals surface area contributed by atoms with Crippen LogP contribution < -0.4 is 10.9 Å². The van der Waals surface area contributed by atoms with E-state index in [1.165, 1.54) is 24.3 Å². The van der Waals surface area contributed by atoms with Crippen molar-refractivity contribution in [2.75, 3.05) is 6.61 Å². The summed E-state index contributed by atoms with van der Waals surface area (Å²) in [6, 6.07) is 5.48. The van der Waals surface area contributed by atoms with Crippen LogP contribution in [0, 0.1) is 19.7 Å². The lowest BCUT2D eigenvalue weighted by molar-refractivity contribution is -0.121. The molecule has 0 radical (unpaired) electrons. The van der Waals surface area contributed by atoms with Gasteiger partial charge in [-0.1, -0.05) is 12.1 Å². The van der Waals surface area contributed by atoms with Crippen LogP contribution in [-0.2, 0) is 16.0 Å². The standard InChI is InChI=1S/C18H20FN3O4/c1-4-26-18(25)15-10(2)16(20-11(15)3)17(24)22-21-14(23)9-12-5-7-13(19)8-6-12/h5-8,20H,4,9H2,1-3H3,(H,21,23)(H,22,24). The molecule has 0 bridgehead atoms. The van der Waals surface area contributed by atoms with Crippen molar-refractivity contribution >= 4 is 17.8 Å². The lowest BCUT2D eigenvalue weighted by Gasteiger charge is -2.07. The minimum Gasteiger partial charge on any atom is -0.462 e. The zero-order valence-electron chi connectivity index (χ0n) is 14.7. The number of aromatic nitrogens is 1. The van der Waals surface area contributed by atoms with Crippen molar-refractivity contribution in [1.82, 2.24) is 15.8 Å². The molecule has 26 heavy (non-hydrogen) atoms. The Morgan fingerprint density at radius 1 is 1.12 bits per heavy atom. The molecule has 2 amide bonds. The van der Waals surface area contributed by atoms with Crippen LogP contribution in [0.5, 0.6) is 0 Å². The summed E-state index contributed by atoms with van der Waals surface area (Å²) in [5.74, 6) is -1.96. The molecule has 0 aliphatic heterocycles. The van der Waals surface area contributed by atoms with Crippen molar-refractivity contribution in [2.45, 2.75) is 27.2 Å². The summed E-state index contributed by atoms with van der Waals surface area (Å²) in [7, 11) is 0. The summed E-state index contributed by atoms with van der Waals surface area (Å²) in [5, 5.41) is 0. The van der Waals surface area contributed by atoms with Crippen LogP contribution in [0.15, 0.2) is 24.3 Å². The number of halogens is 1. The van der Waals surface area contributed by atoms with Crippen molar-refractivity contribution in [1.29, 1.82) is 0 Å². The molecule has 0 unspecified atom stereocenters. The van der Waals surface area contributed by atoms with Crippen LogP contribution >= 0.6 is 0 Å². The summed E-state index contributed by atoms with van der Waals surface area (Å²) in [6.07, 6.45) is -0.0165. The third kappa shape index (κ3) is 4.47. The second-order valence-electron chi connectivity index (χ2n) is 5.65. The SMILES string of the molecule is CCOC(=O)c1c(C)[nH]c(C(=O)NNC(=O)Cc2ccc(F)cc2)c1C. The second kappa shape index (κ2) is 8.28. The summed E-state index contributed by atoms with van der Waals surface area (Å²) in [4.78, 5) is 38.9. The molecule has 1 aromatic carbocycles. The molecule has 8 heteroatoms. The van der Waals surface area contributed by atoms with Crippen LogP contribution in [0.2, 0.25) is 0 Å². The van der Waals surface area contributed by atoms with Gasteiger partial charge in [0.15, 0.2) is 0 Å². The number of amides is 2. The number of carbonyl (C=O) groups excluding carboxylic acids is 3. The lowest BCUT2D eigenvalue weighted by atomic mass is 10.1. The van der Waals surface area contributed by atoms with Gasteiger partial charge in [0.2, 0.25) is 5.91 Å². The molecule has 1 aromatic heterocycles. The average Bonchev–Trinajstić information content (AvgIpc) is 2.89. The average molecular weight is 361 g/mol. The molecule has 0 fully saturated rings. The third-order valence-corrected chi connectivity index (χ3v) is 3.74. The largest absolute Gasteiger partial charge is 0.462 e. The predicted octanol–water partition coefficient (Wildman–Crippen LogP) is 1.95. The highest BCUT2D eigenvalue weighted by molar-refractivity contribution is 6.01. The maximum Gasteiger partial charge on any atom is 0.340 e. The van der Waals surface area contributed by atoms with Gasteiger partial charge in [-0.05, 0) is 44.0 Å². The first kappa shape index (κ1) is 19.2. The highest BCUT2D eigenvalue weighted by Gasteiger charge is 2.23. The molecule has 0 saturated heterocycles. The number of esters is 1. The van der Waals surface area contributed by atoms with Gasteiger partial charge in [-0.2, -0.15) is 0 Å². The first-order valence-electron chi connectivity index (χ1n) is 8.03. The Labute approximate surface area is 149 Å². The number of hydrogen-bond acceptors (Lipinski definition) is 4. The molecule has 3 N–H and O–H groups in total. The Kier molecular flexibility index (Phi) is 6.11. The van der Waals surface area contributed by atoms with Crippen LogP contribution in [0.1, 0.15) is 44.6 Å². The van der Waals surface area contributed by atoms with Crippen LogP contribution in [0.3, 0.4) is 0 Å². The van der Waals surface area contributed by atoms with Gasteiger partial charge < -0.3 is 9.72 Å². The fourth-order valence-electron chi connectivity index (χ4n) is 2.51. The van der Waals surface area contributed by atoms with Crippen molar-refractivity contribution < 1.29 is 23.5 Å². The number of hydrazine groups is 1. The molecule has 138 valence electrons. The molecule has 0 atom stereocenters. The van der Waals surface area contributed by atoms with E-state index in [4.69, 9.17) is 4.74 Å². The van der Waals surface area contributed by atoms with Gasteiger partial charge in [0, 0.05) is 5.69 Å². The van der Waals surface area contributed by atoms with E-state index >= 15 is 0 Å². The summed E-state index contributed by atoms with van der Waals surface area (Å²) < 4.78 is 17.8. The van der Waals surface area contributed by atoms with Crippen LogP contribution in [0.4, 0.5) is 4.39 Å². The maximum absolute atomic E-state index is 12.8. The number of hydrogen-bond donors (Lipinski definition) is 3. The first-order chi connectivity index (χ1) is 12.3. The molecule has 2 aromatic rings. The first-order valence-corrected chi connectivity index (χ1v) is 8.03. The Morgan fingerprint density at radius 3 is 2.38 bits per heavy atom. The van der Waals surface area contributed by atoms with Crippen molar-refractivity contribution in [2.24, 2.45) is 0 Å². The minimum absolute atomic E-state index is 0.0165. The van der Waals surface area contributed by atoms with Crippen molar-refractivity contribution in [3.05, 3.63) is 58.2 Å². The number of ether oxygens (including phenoxy) is 1. The Bertz CT molecular complexity index is 828. The van der Waals surface area contributed by atoms with Gasteiger partial charge in [0.25, 0.3) is 5.91 Å². The molecule has 1 heterocycles. The van der Waals surface area contributed by atoms with Gasteiger partial charge in [-0.25, -0.2) is 9.18 Å². The Morgan fingerprint density at radius 2 is 1.77 bits per heavy atom. The molecule has 7 nitrogen and oxygen atoms in total. The van der Waals surface area contributed by atoms with E-state index in [2.05, 4.69) is 15.8 Å². The summed E-state index contributed by atoms with van der Waals surface area (Å²) >= 11 is 0. The predicted molar refractivity (Wildman–Crippen MR) is 91.9 cm³/mol. The molecule has 0 aliphatic rings. The molecule has 2 rings (SSSR count). The zero-order valence-corrected chi connectivity index (χ0v) is 14.7. The molecular weight excluding hydrogens is 341 g/mol. The number of benzene rings is 1. The van der Waals surface area contributed by atoms with Crippen molar-refractivity contribution in [3.63, 3.8) is 0 Å². The van der Waals surface area contributed by atoms with E-state index < -0.39 is 23.6 Å². The summed E-state index contributed by atoms with van der Waals surface area (Å²) in [6.45, 7) is 5.19. The normalized spacial score (nSPS) is 10.3. The van der Waals surface area contributed by atoms with Crippen LogP contribution in [0.25, 0.3) is 0 Å². The van der Waals surface area contributed by atoms with Gasteiger partial charge in [0.05, 0.1) is 18.6 Å². The Balaban J connectivity index is 1.99. The zero-order chi connectivity index (χ0) is 19.3. The van der Waals surface area contributed by atoms with E-state index in [0.29, 0.717) is 22.4 Å². The molecule has 0 saturated carbocycles. The van der Waals surface area contributed by atoms with Gasteiger partial charge in [-0.15, -0.1) is 0 Å². The smallest absolute Gasteiger partial charge is 0.340 e. The highest BCUT2D eigenvalue weighted by Crippen LogP contribution is 2.18. The molecular formula is C18H20FN3O4. The van der Waals surface area contributed by atoms with Gasteiger partial charge in [0.1, 0.15) is 11.5 Å². The topological polar surface area (TPSA) is 100 Å². The van der Waals surface area contributed by atoms with E-state index in [-0.39, 0.29) is 18.7 Å². The number of rotatable bonds is 5. The number of carbonyl (C=O) groups is 3. The minimum atomic E-state index is -0.589. The van der Waals surface area contributed by atoms with Gasteiger partial charge in [-0.3, -0.25) is 20.4 Å². The Hall–Kier alpha value is -3.16. The summed E-state index contributed by atoms with van der Waals surface area (Å²) in [5.41, 5.74) is 6.58. The lowest BCUT2D eigenvalue weighted by Crippen LogP contribution is -2.42. The number of aryl methyl sites for hydroxylation is 1. The highest BCUT2D eigenvalue weighted by atomic mass is 19.1. The van der Waals surface area contributed by atoms with Crippen LogP contribution in [-0.4, -0.2) is 29.4 Å². The monoisotopic (exact) mass is 361 g/mol. The van der Waals surface area contributed by atoms with Gasteiger partial charge >= 0.3 is 5.97 Å². The van der Waals surface area contributed by atoms with E-state index in [1.54, 1.807) is 20.8 Å². The van der Waals surface area contributed by atoms with Crippen molar-refractivity contribution in [3.8, 4) is 0 Å².